The van der Waals surface area contributed by atoms with Gasteiger partial charge in [-0.15, -0.1) is 0 Å². The van der Waals surface area contributed by atoms with Gasteiger partial charge in [0.15, 0.2) is 17.5 Å². The molecule has 0 saturated carbocycles. The van der Waals surface area contributed by atoms with Crippen LogP contribution < -0.4 is 20.1 Å². The molecule has 1 aliphatic rings. The summed E-state index contributed by atoms with van der Waals surface area (Å²) < 4.78 is 11.4. The Kier molecular flexibility index (Phi) is 6.94. The second kappa shape index (κ2) is 9.82. The molecule has 29 heavy (non-hydrogen) atoms. The van der Waals surface area contributed by atoms with Gasteiger partial charge in [-0.3, -0.25) is 9.79 Å². The molecule has 7 heteroatoms. The van der Waals surface area contributed by atoms with Crippen LogP contribution in [0, 0.1) is 0 Å². The molecule has 0 bridgehead atoms. The first-order valence-corrected chi connectivity index (χ1v) is 9.70. The minimum absolute atomic E-state index is 0.00267. The molecule has 1 amide bonds. The van der Waals surface area contributed by atoms with E-state index in [4.69, 9.17) is 9.47 Å². The van der Waals surface area contributed by atoms with Crippen LogP contribution in [0.1, 0.15) is 27.9 Å². The molecule has 2 aromatic rings. The molecule has 0 spiro atoms. The third-order valence-electron chi connectivity index (χ3n) is 4.56. The van der Waals surface area contributed by atoms with Crippen molar-refractivity contribution >= 4 is 11.9 Å². The van der Waals surface area contributed by atoms with Crippen molar-refractivity contribution in [3.8, 4) is 11.5 Å². The topological polar surface area (TPSA) is 75.2 Å². The largest absolute Gasteiger partial charge is 0.490 e. The Morgan fingerprint density at radius 1 is 0.966 bits per heavy atom. The molecule has 1 heterocycles. The molecular formula is C22H28N4O3. The van der Waals surface area contributed by atoms with Crippen LogP contribution in [-0.2, 0) is 13.1 Å². The van der Waals surface area contributed by atoms with Crippen molar-refractivity contribution in [1.82, 2.24) is 15.5 Å². The van der Waals surface area contributed by atoms with Crippen molar-refractivity contribution in [3.05, 3.63) is 59.2 Å². The van der Waals surface area contributed by atoms with Gasteiger partial charge in [0.1, 0.15) is 0 Å². The van der Waals surface area contributed by atoms with Crippen molar-refractivity contribution in [1.29, 1.82) is 0 Å². The van der Waals surface area contributed by atoms with Gasteiger partial charge < -0.3 is 25.0 Å². The molecular weight excluding hydrogens is 368 g/mol. The number of ether oxygens (including phenoxy) is 2. The summed E-state index contributed by atoms with van der Waals surface area (Å²) >= 11 is 0. The third kappa shape index (κ3) is 5.63. The van der Waals surface area contributed by atoms with E-state index in [0.717, 1.165) is 29.0 Å². The van der Waals surface area contributed by atoms with E-state index < -0.39 is 0 Å². The summed E-state index contributed by atoms with van der Waals surface area (Å²) in [5.74, 6) is 2.28. The quantitative estimate of drug-likeness (QED) is 0.600. The fraction of sp³-hybridized carbons (Fsp3) is 0.364. The van der Waals surface area contributed by atoms with E-state index in [9.17, 15) is 4.79 Å². The summed E-state index contributed by atoms with van der Waals surface area (Å²) in [4.78, 5) is 17.8. The third-order valence-corrected chi connectivity index (χ3v) is 4.56. The Hall–Kier alpha value is -3.22. The predicted octanol–water partition coefficient (Wildman–Crippen LogP) is 2.41. The lowest BCUT2D eigenvalue weighted by Crippen LogP contribution is -2.36. The van der Waals surface area contributed by atoms with Crippen molar-refractivity contribution in [2.24, 2.45) is 4.99 Å². The van der Waals surface area contributed by atoms with E-state index in [1.165, 1.54) is 0 Å². The zero-order chi connectivity index (χ0) is 20.6. The molecule has 0 unspecified atom stereocenters. The number of amides is 1. The maximum atomic E-state index is 12.0. The fourth-order valence-electron chi connectivity index (χ4n) is 2.93. The van der Waals surface area contributed by atoms with Crippen molar-refractivity contribution in [2.75, 3.05) is 34.4 Å². The number of carbonyl (C=O) groups excluding carboxylic acids is 1. The highest BCUT2D eigenvalue weighted by molar-refractivity contribution is 5.93. The highest BCUT2D eigenvalue weighted by Crippen LogP contribution is 2.30. The summed E-state index contributed by atoms with van der Waals surface area (Å²) in [5.41, 5.74) is 2.83. The number of nitrogens with zero attached hydrogens (tertiary/aromatic N) is 2. The Bertz CT molecular complexity index is 863. The number of guanidine groups is 1. The van der Waals surface area contributed by atoms with Gasteiger partial charge in [0.25, 0.3) is 5.91 Å². The SMILES string of the molecule is CN=C(NCc1ccc(C(=O)N(C)C)cc1)NCc1ccc2c(c1)OCCCO2. The van der Waals surface area contributed by atoms with Crippen LogP contribution in [0.2, 0.25) is 0 Å². The molecule has 3 rings (SSSR count). The maximum absolute atomic E-state index is 12.0. The van der Waals surface area contributed by atoms with Gasteiger partial charge in [-0.1, -0.05) is 18.2 Å². The molecule has 0 radical (unpaired) electrons. The molecule has 0 aliphatic carbocycles. The first-order chi connectivity index (χ1) is 14.1. The van der Waals surface area contributed by atoms with Crippen LogP contribution in [0.25, 0.3) is 0 Å². The number of aliphatic imine (C=N–C) groups is 1. The van der Waals surface area contributed by atoms with Gasteiger partial charge in [0.2, 0.25) is 0 Å². The van der Waals surface area contributed by atoms with Crippen LogP contribution in [0.5, 0.6) is 11.5 Å². The molecule has 2 N–H and O–H groups in total. The van der Waals surface area contributed by atoms with Crippen LogP contribution in [0.3, 0.4) is 0 Å². The standard InChI is InChI=1S/C22H28N4O3/c1-23-22(24-14-16-5-8-18(9-6-16)21(27)26(2)3)25-15-17-7-10-19-20(13-17)29-12-4-11-28-19/h5-10,13H,4,11-12,14-15H2,1-3H3,(H2,23,24,25). The zero-order valence-corrected chi connectivity index (χ0v) is 17.2. The van der Waals surface area contributed by atoms with Crippen LogP contribution in [0.15, 0.2) is 47.5 Å². The number of rotatable bonds is 5. The molecule has 0 saturated heterocycles. The smallest absolute Gasteiger partial charge is 0.253 e. The van der Waals surface area contributed by atoms with Gasteiger partial charge in [-0.2, -0.15) is 0 Å². The molecule has 2 aromatic carbocycles. The predicted molar refractivity (Wildman–Crippen MR) is 114 cm³/mol. The first-order valence-electron chi connectivity index (χ1n) is 9.70. The lowest BCUT2D eigenvalue weighted by molar-refractivity contribution is 0.0827. The van der Waals surface area contributed by atoms with E-state index in [-0.39, 0.29) is 5.91 Å². The molecule has 0 fully saturated rings. The van der Waals surface area contributed by atoms with E-state index in [2.05, 4.69) is 15.6 Å². The maximum Gasteiger partial charge on any atom is 0.253 e. The van der Waals surface area contributed by atoms with Crippen LogP contribution in [0.4, 0.5) is 0 Å². The zero-order valence-electron chi connectivity index (χ0n) is 17.2. The van der Waals surface area contributed by atoms with E-state index in [1.54, 1.807) is 26.0 Å². The molecule has 7 nitrogen and oxygen atoms in total. The lowest BCUT2D eigenvalue weighted by atomic mass is 10.1. The first kappa shape index (κ1) is 20.5. The summed E-state index contributed by atoms with van der Waals surface area (Å²) in [5, 5.41) is 6.59. The number of fused-ring (bicyclic) bond motifs is 1. The van der Waals surface area contributed by atoms with Crippen molar-refractivity contribution in [3.63, 3.8) is 0 Å². The van der Waals surface area contributed by atoms with Gasteiger partial charge in [-0.05, 0) is 35.4 Å². The highest BCUT2D eigenvalue weighted by Gasteiger charge is 2.11. The average molecular weight is 396 g/mol. The van der Waals surface area contributed by atoms with Crippen LogP contribution in [-0.4, -0.2) is 51.1 Å². The number of nitrogens with one attached hydrogen (secondary N) is 2. The minimum atomic E-state index is -0.00267. The lowest BCUT2D eigenvalue weighted by Gasteiger charge is -2.14. The van der Waals surface area contributed by atoms with Gasteiger partial charge in [0.05, 0.1) is 13.2 Å². The number of hydrogen-bond acceptors (Lipinski definition) is 4. The Balaban J connectivity index is 1.52. The molecule has 154 valence electrons. The van der Waals surface area contributed by atoms with Crippen molar-refractivity contribution < 1.29 is 14.3 Å². The molecule has 1 aliphatic heterocycles. The second-order valence-corrected chi connectivity index (χ2v) is 7.01. The fourth-order valence-corrected chi connectivity index (χ4v) is 2.93. The molecule has 0 aromatic heterocycles. The van der Waals surface area contributed by atoms with Crippen molar-refractivity contribution in [2.45, 2.75) is 19.5 Å². The normalized spacial score (nSPS) is 13.4. The summed E-state index contributed by atoms with van der Waals surface area (Å²) in [6.45, 7) is 2.58. The highest BCUT2D eigenvalue weighted by atomic mass is 16.5. The van der Waals surface area contributed by atoms with Gasteiger partial charge in [0, 0.05) is 46.2 Å². The Morgan fingerprint density at radius 2 is 1.59 bits per heavy atom. The summed E-state index contributed by atoms with van der Waals surface area (Å²) in [7, 11) is 5.23. The minimum Gasteiger partial charge on any atom is -0.490 e. The summed E-state index contributed by atoms with van der Waals surface area (Å²) in [6, 6.07) is 13.5. The Morgan fingerprint density at radius 3 is 2.24 bits per heavy atom. The number of benzene rings is 2. The van der Waals surface area contributed by atoms with E-state index in [0.29, 0.717) is 37.8 Å². The van der Waals surface area contributed by atoms with E-state index in [1.807, 2.05) is 42.5 Å². The van der Waals surface area contributed by atoms with Gasteiger partial charge in [-0.25, -0.2) is 0 Å². The van der Waals surface area contributed by atoms with E-state index >= 15 is 0 Å². The average Bonchev–Trinajstić information content (AvgIpc) is 2.98. The number of hydrogen-bond donors (Lipinski definition) is 2. The molecule has 0 atom stereocenters. The number of carbonyl (C=O) groups is 1. The monoisotopic (exact) mass is 396 g/mol. The van der Waals surface area contributed by atoms with Gasteiger partial charge >= 0.3 is 0 Å². The second-order valence-electron chi connectivity index (χ2n) is 7.01. The Labute approximate surface area is 171 Å². The summed E-state index contributed by atoms with van der Waals surface area (Å²) in [6.07, 6.45) is 0.892. The van der Waals surface area contributed by atoms with Crippen LogP contribution >= 0.6 is 0 Å².